The van der Waals surface area contributed by atoms with E-state index in [9.17, 15) is 13.2 Å². The molecule has 0 bridgehead atoms. The fourth-order valence-corrected chi connectivity index (χ4v) is 4.31. The molecular formula is C21H29Cl2F3N6. The zero-order valence-electron chi connectivity index (χ0n) is 17.8. The fourth-order valence-electron chi connectivity index (χ4n) is 4.31. The molecule has 178 valence electrons. The molecule has 2 aromatic rings. The molecule has 1 atom stereocenters. The molecule has 4 rings (SSSR count). The fraction of sp³-hybridized carbons (Fsp3) is 0.524. The first kappa shape index (κ1) is 26.3. The molecule has 0 saturated carbocycles. The van der Waals surface area contributed by atoms with Gasteiger partial charge in [-0.1, -0.05) is 0 Å². The molecule has 0 spiro atoms. The zero-order valence-corrected chi connectivity index (χ0v) is 19.5. The number of nitrogens with one attached hydrogen (secondary N) is 2. The lowest BCUT2D eigenvalue weighted by Crippen LogP contribution is -2.45. The van der Waals surface area contributed by atoms with Crippen LogP contribution in [0.5, 0.6) is 0 Å². The minimum atomic E-state index is -4.47. The van der Waals surface area contributed by atoms with Gasteiger partial charge in [-0.3, -0.25) is 0 Å². The van der Waals surface area contributed by atoms with Crippen LogP contribution in [0.25, 0.3) is 0 Å². The number of likely N-dealkylation sites (N-methyl/N-ethyl adjacent to an activating group) is 1. The number of rotatable bonds is 4. The largest absolute Gasteiger partial charge is 0.416 e. The molecular weight excluding hydrogens is 464 g/mol. The number of alkyl halides is 3. The molecule has 4 N–H and O–H groups in total. The Hall–Kier alpha value is -1.97. The highest BCUT2D eigenvalue weighted by Gasteiger charge is 2.31. The van der Waals surface area contributed by atoms with E-state index in [-0.39, 0.29) is 36.2 Å². The molecule has 1 fully saturated rings. The Bertz CT molecular complexity index is 925. The third-order valence-electron chi connectivity index (χ3n) is 5.83. The van der Waals surface area contributed by atoms with Crippen LogP contribution in [0.3, 0.4) is 0 Å². The van der Waals surface area contributed by atoms with Crippen molar-refractivity contribution >= 4 is 48.0 Å². The third kappa shape index (κ3) is 5.88. The average molecular weight is 493 g/mol. The number of hydrogen-bond acceptors (Lipinski definition) is 6. The van der Waals surface area contributed by atoms with E-state index in [1.165, 1.54) is 11.6 Å². The van der Waals surface area contributed by atoms with Gasteiger partial charge in [0, 0.05) is 36.1 Å². The Morgan fingerprint density at radius 1 is 1.06 bits per heavy atom. The number of benzene rings is 1. The zero-order chi connectivity index (χ0) is 21.3. The number of fused-ring (bicyclic) bond motifs is 1. The van der Waals surface area contributed by atoms with Crippen molar-refractivity contribution in [3.05, 3.63) is 35.0 Å². The van der Waals surface area contributed by atoms with E-state index in [0.29, 0.717) is 12.0 Å². The summed E-state index contributed by atoms with van der Waals surface area (Å²) in [6, 6.07) is 3.83. The van der Waals surface area contributed by atoms with Gasteiger partial charge in [-0.25, -0.2) is 4.98 Å². The van der Waals surface area contributed by atoms with Gasteiger partial charge >= 0.3 is 6.18 Å². The molecule has 1 aliphatic carbocycles. The minimum absolute atomic E-state index is 0. The Labute approximate surface area is 198 Å². The van der Waals surface area contributed by atoms with Gasteiger partial charge in [0.1, 0.15) is 5.82 Å². The molecule has 1 saturated heterocycles. The maximum Gasteiger partial charge on any atom is 0.416 e. The first-order chi connectivity index (χ1) is 14.3. The highest BCUT2D eigenvalue weighted by Crippen LogP contribution is 2.35. The SMILES string of the molecule is CN[C@@H]1CCCN(c2nc(Nc3cc(N)cc(C(F)(F)F)c3)nc3c2CCCC3)C1.Cl.Cl. The number of aryl methyl sites for hydroxylation is 1. The minimum Gasteiger partial charge on any atom is -0.399 e. The van der Waals surface area contributed by atoms with Crippen molar-refractivity contribution in [2.45, 2.75) is 50.7 Å². The number of nitrogen functional groups attached to an aromatic ring is 1. The summed E-state index contributed by atoms with van der Waals surface area (Å²) in [6.07, 6.45) is 1.66. The molecule has 2 aliphatic rings. The molecule has 11 heteroatoms. The molecule has 0 unspecified atom stereocenters. The lowest BCUT2D eigenvalue weighted by Gasteiger charge is -2.35. The topological polar surface area (TPSA) is 79.1 Å². The molecule has 1 aromatic heterocycles. The van der Waals surface area contributed by atoms with Gasteiger partial charge < -0.3 is 21.3 Å². The van der Waals surface area contributed by atoms with E-state index in [4.69, 9.17) is 10.7 Å². The molecule has 0 amide bonds. The van der Waals surface area contributed by atoms with E-state index in [2.05, 4.69) is 20.5 Å². The van der Waals surface area contributed by atoms with Crippen molar-refractivity contribution in [2.24, 2.45) is 0 Å². The normalized spacial score (nSPS) is 18.2. The number of piperidine rings is 1. The first-order valence-electron chi connectivity index (χ1n) is 10.4. The predicted octanol–water partition coefficient (Wildman–Crippen LogP) is 4.73. The molecule has 32 heavy (non-hydrogen) atoms. The van der Waals surface area contributed by atoms with Crippen LogP contribution in [0.4, 0.5) is 36.3 Å². The molecule has 6 nitrogen and oxygen atoms in total. The van der Waals surface area contributed by atoms with Crippen molar-refractivity contribution in [1.29, 1.82) is 0 Å². The van der Waals surface area contributed by atoms with E-state index >= 15 is 0 Å². The smallest absolute Gasteiger partial charge is 0.399 e. The summed E-state index contributed by atoms with van der Waals surface area (Å²) in [4.78, 5) is 11.7. The first-order valence-corrected chi connectivity index (χ1v) is 10.4. The van der Waals surface area contributed by atoms with Crippen LogP contribution in [0.1, 0.15) is 42.5 Å². The van der Waals surface area contributed by atoms with Gasteiger partial charge in [0.2, 0.25) is 5.95 Å². The molecule has 1 aliphatic heterocycles. The lowest BCUT2D eigenvalue weighted by atomic mass is 9.95. The average Bonchev–Trinajstić information content (AvgIpc) is 2.72. The predicted molar refractivity (Wildman–Crippen MR) is 127 cm³/mol. The van der Waals surface area contributed by atoms with E-state index in [0.717, 1.165) is 75.3 Å². The van der Waals surface area contributed by atoms with Crippen molar-refractivity contribution in [1.82, 2.24) is 15.3 Å². The summed E-state index contributed by atoms with van der Waals surface area (Å²) in [7, 11) is 1.97. The molecule has 0 radical (unpaired) electrons. The second kappa shape index (κ2) is 10.8. The molecule has 2 heterocycles. The monoisotopic (exact) mass is 492 g/mol. The maximum atomic E-state index is 13.2. The Kier molecular flexibility index (Phi) is 8.84. The van der Waals surface area contributed by atoms with Gasteiger partial charge in [0.05, 0.1) is 11.3 Å². The van der Waals surface area contributed by atoms with Gasteiger partial charge in [0.25, 0.3) is 0 Å². The highest BCUT2D eigenvalue weighted by molar-refractivity contribution is 5.85. The Morgan fingerprint density at radius 2 is 1.81 bits per heavy atom. The van der Waals surface area contributed by atoms with Crippen LogP contribution < -0.4 is 21.3 Å². The van der Waals surface area contributed by atoms with Crippen molar-refractivity contribution < 1.29 is 13.2 Å². The summed E-state index contributed by atoms with van der Waals surface area (Å²) in [5, 5.41) is 6.31. The summed E-state index contributed by atoms with van der Waals surface area (Å²) in [6.45, 7) is 1.77. The lowest BCUT2D eigenvalue weighted by molar-refractivity contribution is -0.137. The number of hydrogen-bond donors (Lipinski definition) is 3. The van der Waals surface area contributed by atoms with Crippen LogP contribution in [-0.4, -0.2) is 36.1 Å². The second-order valence-corrected chi connectivity index (χ2v) is 8.04. The van der Waals surface area contributed by atoms with Crippen LogP contribution in [-0.2, 0) is 19.0 Å². The summed E-state index contributed by atoms with van der Waals surface area (Å²) in [5.41, 5.74) is 7.34. The van der Waals surface area contributed by atoms with Gasteiger partial charge in [-0.15, -0.1) is 24.8 Å². The number of anilines is 4. The summed E-state index contributed by atoms with van der Waals surface area (Å²) < 4.78 is 39.5. The van der Waals surface area contributed by atoms with Gasteiger partial charge in [-0.2, -0.15) is 18.2 Å². The Morgan fingerprint density at radius 3 is 2.53 bits per heavy atom. The Balaban J connectivity index is 0.00000181. The molecule has 1 aromatic carbocycles. The third-order valence-corrected chi connectivity index (χ3v) is 5.83. The van der Waals surface area contributed by atoms with Crippen molar-refractivity contribution in [3.8, 4) is 0 Å². The summed E-state index contributed by atoms with van der Waals surface area (Å²) >= 11 is 0. The van der Waals surface area contributed by atoms with Gasteiger partial charge in [0.15, 0.2) is 0 Å². The second-order valence-electron chi connectivity index (χ2n) is 8.04. The van der Waals surface area contributed by atoms with Gasteiger partial charge in [-0.05, 0) is 63.8 Å². The van der Waals surface area contributed by atoms with Crippen molar-refractivity contribution in [2.75, 3.05) is 36.1 Å². The quantitative estimate of drug-likeness (QED) is 0.535. The number of aromatic nitrogens is 2. The van der Waals surface area contributed by atoms with Crippen LogP contribution in [0.15, 0.2) is 18.2 Å². The maximum absolute atomic E-state index is 13.2. The standard InChI is InChI=1S/C21H27F3N6.2ClH/c1-26-15-5-4-8-30(12-15)19-17-6-2-3-7-18(17)28-20(29-19)27-16-10-13(21(22,23)24)9-14(25)11-16;;/h9-11,15,26H,2-8,12,25H2,1H3,(H,27,28,29);2*1H/t15-;;/m1../s1. The van der Waals surface area contributed by atoms with E-state index in [1.54, 1.807) is 0 Å². The number of nitrogens with two attached hydrogens (primary N) is 1. The van der Waals surface area contributed by atoms with Crippen LogP contribution in [0, 0.1) is 0 Å². The van der Waals surface area contributed by atoms with E-state index < -0.39 is 11.7 Å². The van der Waals surface area contributed by atoms with Crippen LogP contribution in [0.2, 0.25) is 0 Å². The number of halogens is 5. The number of nitrogens with zero attached hydrogens (tertiary/aromatic N) is 3. The summed E-state index contributed by atoms with van der Waals surface area (Å²) in [5.74, 6) is 1.22. The van der Waals surface area contributed by atoms with E-state index in [1.807, 2.05) is 7.05 Å². The highest BCUT2D eigenvalue weighted by atomic mass is 35.5. The van der Waals surface area contributed by atoms with Crippen LogP contribution >= 0.6 is 24.8 Å². The van der Waals surface area contributed by atoms with Crippen molar-refractivity contribution in [3.63, 3.8) is 0 Å².